The number of carbonyl (C=O) groups is 2. The number of benzene rings is 3. The number of para-hydroxylation sites is 1. The normalized spacial score (nSPS) is 15.2. The highest BCUT2D eigenvalue weighted by Gasteiger charge is 2.29. The molecule has 37 heavy (non-hydrogen) atoms. The van der Waals surface area contributed by atoms with Crippen LogP contribution in [-0.4, -0.2) is 46.2 Å². The molecule has 6 heteroatoms. The summed E-state index contributed by atoms with van der Waals surface area (Å²) < 4.78 is 2.34. The summed E-state index contributed by atoms with van der Waals surface area (Å²) in [5.74, 6) is 0.973. The summed E-state index contributed by atoms with van der Waals surface area (Å²) in [6.07, 6.45) is 3.06. The average molecular weight is 514 g/mol. The number of fused-ring (bicyclic) bond motifs is 3. The van der Waals surface area contributed by atoms with Crippen LogP contribution in [0.5, 0.6) is 0 Å². The van der Waals surface area contributed by atoms with Gasteiger partial charge in [-0.1, -0.05) is 48.5 Å². The molecule has 5 nitrogen and oxygen atoms in total. The minimum absolute atomic E-state index is 0.0320. The van der Waals surface area contributed by atoms with Gasteiger partial charge in [-0.2, -0.15) is 0 Å². The Balaban J connectivity index is 1.25. The summed E-state index contributed by atoms with van der Waals surface area (Å²) in [6, 6.07) is 25.1. The maximum Gasteiger partial charge on any atom is 0.246 e. The van der Waals surface area contributed by atoms with Crippen LogP contribution in [0.4, 0.5) is 0 Å². The second-order valence-corrected chi connectivity index (χ2v) is 11.1. The van der Waals surface area contributed by atoms with E-state index in [9.17, 15) is 9.59 Å². The molecule has 0 bridgehead atoms. The van der Waals surface area contributed by atoms with E-state index in [1.807, 2.05) is 11.0 Å². The Morgan fingerprint density at radius 2 is 1.65 bits per heavy atom. The molecule has 5 rings (SSSR count). The zero-order valence-electron chi connectivity index (χ0n) is 21.7. The predicted molar refractivity (Wildman–Crippen MR) is 153 cm³/mol. The molecule has 1 aliphatic rings. The molecule has 0 spiro atoms. The highest BCUT2D eigenvalue weighted by Crippen LogP contribution is 2.32. The maximum atomic E-state index is 13.4. The Morgan fingerprint density at radius 3 is 2.38 bits per heavy atom. The van der Waals surface area contributed by atoms with Crippen molar-refractivity contribution in [3.63, 3.8) is 0 Å². The number of thioether (sulfide) groups is 1. The smallest absolute Gasteiger partial charge is 0.246 e. The SMILES string of the molecule is CCn1c2ccccc2c2cc(SCC(NC(C)=O)C(=O)N3CCC(Cc4ccccc4)CC3)ccc21. The number of piperidine rings is 1. The van der Waals surface area contributed by atoms with Crippen LogP contribution in [0.2, 0.25) is 0 Å². The fourth-order valence-electron chi connectivity index (χ4n) is 5.59. The van der Waals surface area contributed by atoms with Gasteiger partial charge in [0.1, 0.15) is 6.04 Å². The van der Waals surface area contributed by atoms with Crippen LogP contribution in [0.25, 0.3) is 21.8 Å². The molecule has 0 saturated carbocycles. The Morgan fingerprint density at radius 1 is 0.946 bits per heavy atom. The summed E-state index contributed by atoms with van der Waals surface area (Å²) in [6.45, 7) is 6.07. The van der Waals surface area contributed by atoms with Crippen molar-refractivity contribution >= 4 is 45.4 Å². The number of likely N-dealkylation sites (tertiary alicyclic amines) is 1. The van der Waals surface area contributed by atoms with E-state index in [1.165, 1.54) is 34.3 Å². The number of rotatable bonds is 8. The molecule has 1 N–H and O–H groups in total. The molecule has 1 fully saturated rings. The van der Waals surface area contributed by atoms with Gasteiger partial charge in [-0.3, -0.25) is 9.59 Å². The Labute approximate surface area is 223 Å². The number of amides is 2. The van der Waals surface area contributed by atoms with Gasteiger partial charge < -0.3 is 14.8 Å². The van der Waals surface area contributed by atoms with Crippen LogP contribution in [0, 0.1) is 5.92 Å². The first-order chi connectivity index (χ1) is 18.0. The minimum atomic E-state index is -0.527. The number of nitrogens with zero attached hydrogens (tertiary/aromatic N) is 2. The molecule has 192 valence electrons. The van der Waals surface area contributed by atoms with Crippen LogP contribution in [0.3, 0.4) is 0 Å². The molecule has 1 atom stereocenters. The van der Waals surface area contributed by atoms with E-state index in [0.717, 1.165) is 43.8 Å². The monoisotopic (exact) mass is 513 g/mol. The third-order valence-corrected chi connectivity index (χ3v) is 8.53. The van der Waals surface area contributed by atoms with Gasteiger partial charge >= 0.3 is 0 Å². The van der Waals surface area contributed by atoms with Gasteiger partial charge in [0.05, 0.1) is 0 Å². The largest absolute Gasteiger partial charge is 0.344 e. The molecule has 2 amide bonds. The molecule has 1 aliphatic heterocycles. The van der Waals surface area contributed by atoms with Crippen LogP contribution in [0.1, 0.15) is 32.3 Å². The zero-order chi connectivity index (χ0) is 25.8. The highest BCUT2D eigenvalue weighted by molar-refractivity contribution is 7.99. The van der Waals surface area contributed by atoms with Crippen LogP contribution in [-0.2, 0) is 22.6 Å². The highest BCUT2D eigenvalue weighted by atomic mass is 32.2. The summed E-state index contributed by atoms with van der Waals surface area (Å²) in [4.78, 5) is 28.5. The number of aromatic nitrogens is 1. The summed E-state index contributed by atoms with van der Waals surface area (Å²) in [5.41, 5.74) is 3.82. The predicted octanol–water partition coefficient (Wildman–Crippen LogP) is 5.89. The Bertz CT molecular complexity index is 1390. The summed E-state index contributed by atoms with van der Waals surface area (Å²) >= 11 is 1.63. The third-order valence-electron chi connectivity index (χ3n) is 7.45. The van der Waals surface area contributed by atoms with E-state index in [1.54, 1.807) is 11.8 Å². The van der Waals surface area contributed by atoms with Gasteiger partial charge in [-0.15, -0.1) is 11.8 Å². The van der Waals surface area contributed by atoms with Crippen molar-refractivity contribution in [2.24, 2.45) is 5.92 Å². The van der Waals surface area contributed by atoms with Crippen molar-refractivity contribution in [2.45, 2.75) is 50.6 Å². The quantitative estimate of drug-likeness (QED) is 0.299. The third kappa shape index (κ3) is 5.69. The second-order valence-electron chi connectivity index (χ2n) is 9.96. The van der Waals surface area contributed by atoms with Crippen molar-refractivity contribution in [1.29, 1.82) is 0 Å². The summed E-state index contributed by atoms with van der Waals surface area (Å²) in [5, 5.41) is 5.40. The van der Waals surface area contributed by atoms with Crippen molar-refractivity contribution in [3.05, 3.63) is 78.4 Å². The van der Waals surface area contributed by atoms with Crippen molar-refractivity contribution < 1.29 is 9.59 Å². The Hall–Kier alpha value is -3.25. The van der Waals surface area contributed by atoms with Gasteiger partial charge in [0.2, 0.25) is 11.8 Å². The lowest BCUT2D eigenvalue weighted by molar-refractivity contribution is -0.136. The molecule has 0 radical (unpaired) electrons. The number of aryl methyl sites for hydroxylation is 1. The molecule has 3 aromatic carbocycles. The average Bonchev–Trinajstić information content (AvgIpc) is 3.24. The van der Waals surface area contributed by atoms with Gasteiger partial charge in [-0.25, -0.2) is 0 Å². The Kier molecular flexibility index (Phi) is 7.85. The lowest BCUT2D eigenvalue weighted by Gasteiger charge is -2.34. The zero-order valence-corrected chi connectivity index (χ0v) is 22.5. The van der Waals surface area contributed by atoms with Crippen LogP contribution >= 0.6 is 11.8 Å². The fourth-order valence-corrected chi connectivity index (χ4v) is 6.54. The molecule has 4 aromatic rings. The number of hydrogen-bond acceptors (Lipinski definition) is 3. The van der Waals surface area contributed by atoms with Crippen LogP contribution < -0.4 is 5.32 Å². The van der Waals surface area contributed by atoms with Gasteiger partial charge in [0, 0.05) is 59.0 Å². The van der Waals surface area contributed by atoms with E-state index < -0.39 is 6.04 Å². The topological polar surface area (TPSA) is 54.3 Å². The lowest BCUT2D eigenvalue weighted by Crippen LogP contribution is -2.51. The molecule has 0 aliphatic carbocycles. The molecular weight excluding hydrogens is 478 g/mol. The molecule has 1 unspecified atom stereocenters. The standard InChI is InChI=1S/C31H35N3O2S/c1-3-34-29-12-8-7-11-26(29)27-20-25(13-14-30(27)34)37-21-28(32-22(2)35)31(36)33-17-15-24(16-18-33)19-23-9-5-4-6-10-23/h4-14,20,24,28H,3,15-19,21H2,1-2H3,(H,32,35). The number of hydrogen-bond donors (Lipinski definition) is 1. The first kappa shape index (κ1) is 25.4. The molecule has 2 heterocycles. The molecule has 1 aromatic heterocycles. The van der Waals surface area contributed by atoms with E-state index in [4.69, 9.17) is 0 Å². The first-order valence-corrected chi connectivity index (χ1v) is 14.3. The van der Waals surface area contributed by atoms with Crippen molar-refractivity contribution in [2.75, 3.05) is 18.8 Å². The maximum absolute atomic E-state index is 13.4. The lowest BCUT2D eigenvalue weighted by atomic mass is 9.90. The van der Waals surface area contributed by atoms with E-state index in [2.05, 4.69) is 83.5 Å². The fraction of sp³-hybridized carbons (Fsp3) is 0.355. The van der Waals surface area contributed by atoms with E-state index in [0.29, 0.717) is 11.7 Å². The van der Waals surface area contributed by atoms with Gasteiger partial charge in [0.15, 0.2) is 0 Å². The second kappa shape index (κ2) is 11.4. The molecule has 1 saturated heterocycles. The molecular formula is C31H35N3O2S. The van der Waals surface area contributed by atoms with Crippen LogP contribution in [0.15, 0.2) is 77.7 Å². The number of nitrogens with one attached hydrogen (secondary N) is 1. The van der Waals surface area contributed by atoms with Crippen molar-refractivity contribution in [3.8, 4) is 0 Å². The minimum Gasteiger partial charge on any atom is -0.344 e. The van der Waals surface area contributed by atoms with Gasteiger partial charge in [0.25, 0.3) is 0 Å². The van der Waals surface area contributed by atoms with E-state index >= 15 is 0 Å². The first-order valence-electron chi connectivity index (χ1n) is 13.3. The number of carbonyl (C=O) groups excluding carboxylic acids is 2. The summed E-state index contributed by atoms with van der Waals surface area (Å²) in [7, 11) is 0. The van der Waals surface area contributed by atoms with Crippen molar-refractivity contribution in [1.82, 2.24) is 14.8 Å². The van der Waals surface area contributed by atoms with E-state index in [-0.39, 0.29) is 11.8 Å². The van der Waals surface area contributed by atoms with Gasteiger partial charge in [-0.05, 0) is 61.9 Å².